The van der Waals surface area contributed by atoms with Gasteiger partial charge in [-0.3, -0.25) is 4.84 Å². The first-order valence-electron chi connectivity index (χ1n) is 3.60. The number of carboxylic acids is 1. The summed E-state index contributed by atoms with van der Waals surface area (Å²) in [7, 11) is 0. The molecule has 0 saturated heterocycles. The van der Waals surface area contributed by atoms with Crippen LogP contribution in [0.1, 0.15) is 10.4 Å². The van der Waals surface area contributed by atoms with Crippen LogP contribution in [0.15, 0.2) is 12.5 Å². The van der Waals surface area contributed by atoms with Crippen molar-refractivity contribution in [3.05, 3.63) is 18.1 Å². The summed E-state index contributed by atoms with van der Waals surface area (Å²) in [6.45, 7) is 0.0169. The first-order chi connectivity index (χ1) is 6.75. The number of hydrogen-bond donors (Lipinski definition) is 2. The lowest BCUT2D eigenvalue weighted by Gasteiger charge is -2.05. The minimum Gasteiger partial charge on any atom is -0.477 e. The van der Waals surface area contributed by atoms with Crippen LogP contribution < -0.4 is 5.48 Å². The minimum atomic E-state index is -1.14. The Bertz CT molecular complexity index is 372. The van der Waals surface area contributed by atoms with Gasteiger partial charge < -0.3 is 5.11 Å². The van der Waals surface area contributed by atoms with E-state index >= 15 is 0 Å². The number of nitrogens with one attached hydrogen (secondary N) is 1. The van der Waals surface area contributed by atoms with Crippen molar-refractivity contribution in [1.29, 1.82) is 0 Å². The van der Waals surface area contributed by atoms with E-state index in [0.29, 0.717) is 0 Å². The second-order valence-corrected chi connectivity index (χ2v) is 2.19. The molecule has 1 aromatic heterocycles. The van der Waals surface area contributed by atoms with Gasteiger partial charge in [0.05, 0.1) is 0 Å². The second-order valence-electron chi connectivity index (χ2n) is 2.19. The van der Waals surface area contributed by atoms with Crippen molar-refractivity contribution in [2.45, 2.75) is 0 Å². The maximum Gasteiger partial charge on any atom is 0.341 e. The lowest BCUT2D eigenvalue weighted by Crippen LogP contribution is -2.09. The first-order valence-corrected chi connectivity index (χ1v) is 3.60. The fourth-order valence-corrected chi connectivity index (χ4v) is 0.714. The van der Waals surface area contributed by atoms with E-state index in [1.54, 1.807) is 0 Å². The van der Waals surface area contributed by atoms with E-state index in [2.05, 4.69) is 21.4 Å². The molecule has 0 aliphatic rings. The van der Waals surface area contributed by atoms with E-state index in [1.165, 1.54) is 6.33 Å². The Morgan fingerprint density at radius 1 is 1.79 bits per heavy atom. The van der Waals surface area contributed by atoms with Gasteiger partial charge in [0.2, 0.25) is 0 Å². The lowest BCUT2D eigenvalue weighted by molar-refractivity contribution is 0.0695. The number of nitrogens with zero attached hydrogens (tertiary/aromatic N) is 2. The molecule has 14 heavy (non-hydrogen) atoms. The summed E-state index contributed by atoms with van der Waals surface area (Å²) in [4.78, 5) is 22.6. The normalized spacial score (nSPS) is 9.07. The van der Waals surface area contributed by atoms with Gasteiger partial charge in [0.25, 0.3) is 0 Å². The number of carboxylic acid groups (broad SMARTS) is 1. The van der Waals surface area contributed by atoms with Crippen LogP contribution in [0, 0.1) is 12.3 Å². The number of rotatable bonds is 4. The monoisotopic (exact) mass is 193 g/mol. The zero-order valence-electron chi connectivity index (χ0n) is 7.10. The molecule has 6 heteroatoms. The molecule has 0 unspecified atom stereocenters. The van der Waals surface area contributed by atoms with E-state index in [-0.39, 0.29) is 18.0 Å². The molecule has 0 aliphatic carbocycles. The van der Waals surface area contributed by atoms with Gasteiger partial charge in [0.15, 0.2) is 5.82 Å². The van der Waals surface area contributed by atoms with Crippen LogP contribution in [0.3, 0.4) is 0 Å². The number of hydrogen-bond acceptors (Lipinski definition) is 5. The largest absolute Gasteiger partial charge is 0.477 e. The van der Waals surface area contributed by atoms with Gasteiger partial charge in [-0.2, -0.15) is 0 Å². The maximum absolute atomic E-state index is 10.6. The molecule has 72 valence electrons. The third-order valence-electron chi connectivity index (χ3n) is 1.27. The van der Waals surface area contributed by atoms with Crippen LogP contribution in [0.2, 0.25) is 0 Å². The molecule has 2 N–H and O–H groups in total. The smallest absolute Gasteiger partial charge is 0.341 e. The van der Waals surface area contributed by atoms with Crippen molar-refractivity contribution in [2.75, 3.05) is 12.1 Å². The molecular weight excluding hydrogens is 186 g/mol. The highest BCUT2D eigenvalue weighted by molar-refractivity contribution is 5.92. The number of aromatic carboxylic acids is 1. The second kappa shape index (κ2) is 4.79. The van der Waals surface area contributed by atoms with Crippen molar-refractivity contribution in [1.82, 2.24) is 9.97 Å². The highest BCUT2D eigenvalue weighted by Crippen LogP contribution is 2.08. The fraction of sp³-hybridized carbons (Fsp3) is 0.125. The van der Waals surface area contributed by atoms with Gasteiger partial charge in [0, 0.05) is 6.20 Å². The number of carbonyl (C=O) groups is 1. The van der Waals surface area contributed by atoms with Gasteiger partial charge in [-0.1, -0.05) is 5.92 Å². The average Bonchev–Trinajstić information content (AvgIpc) is 2.19. The van der Waals surface area contributed by atoms with Crippen LogP contribution >= 0.6 is 0 Å². The van der Waals surface area contributed by atoms with E-state index in [0.717, 1.165) is 6.20 Å². The Labute approximate surface area is 79.9 Å². The zero-order valence-corrected chi connectivity index (χ0v) is 7.10. The predicted molar refractivity (Wildman–Crippen MR) is 47.4 cm³/mol. The van der Waals surface area contributed by atoms with Gasteiger partial charge in [-0.15, -0.1) is 6.42 Å². The van der Waals surface area contributed by atoms with Crippen molar-refractivity contribution in [3.8, 4) is 12.3 Å². The Kier molecular flexibility index (Phi) is 3.41. The molecule has 0 fully saturated rings. The van der Waals surface area contributed by atoms with E-state index in [4.69, 9.17) is 16.4 Å². The Hall–Kier alpha value is -2.13. The third kappa shape index (κ3) is 2.43. The summed E-state index contributed by atoms with van der Waals surface area (Å²) in [5.74, 6) is 1.14. The van der Waals surface area contributed by atoms with Crippen LogP contribution in [-0.2, 0) is 4.84 Å². The third-order valence-corrected chi connectivity index (χ3v) is 1.27. The quantitative estimate of drug-likeness (QED) is 0.402. The van der Waals surface area contributed by atoms with Crippen LogP contribution in [0.4, 0.5) is 5.82 Å². The van der Waals surface area contributed by atoms with Crippen molar-refractivity contribution >= 4 is 11.8 Å². The number of anilines is 1. The molecule has 0 radical (unpaired) electrons. The molecule has 0 aliphatic heterocycles. The molecule has 0 saturated carbocycles. The Morgan fingerprint density at radius 3 is 3.21 bits per heavy atom. The van der Waals surface area contributed by atoms with Crippen LogP contribution in [0.5, 0.6) is 0 Å². The molecule has 0 atom stereocenters. The fourth-order valence-electron chi connectivity index (χ4n) is 0.714. The molecule has 1 heterocycles. The molecule has 0 spiro atoms. The predicted octanol–water partition coefficient (Wildman–Crippen LogP) is 0.151. The van der Waals surface area contributed by atoms with Gasteiger partial charge in [-0.05, 0) is 0 Å². The van der Waals surface area contributed by atoms with Crippen LogP contribution in [0.25, 0.3) is 0 Å². The first kappa shape index (κ1) is 9.95. The lowest BCUT2D eigenvalue weighted by atomic mass is 10.3. The van der Waals surface area contributed by atoms with Crippen molar-refractivity contribution < 1.29 is 14.7 Å². The molecule has 6 nitrogen and oxygen atoms in total. The molecule has 1 aromatic rings. The zero-order chi connectivity index (χ0) is 10.4. The summed E-state index contributed by atoms with van der Waals surface area (Å²) >= 11 is 0. The Balaban J connectivity index is 2.75. The maximum atomic E-state index is 10.6. The molecule has 1 rings (SSSR count). The number of terminal acetylenes is 1. The minimum absolute atomic E-state index is 0.0169. The van der Waals surface area contributed by atoms with Crippen molar-refractivity contribution in [2.24, 2.45) is 0 Å². The highest BCUT2D eigenvalue weighted by atomic mass is 16.6. The Morgan fingerprint density at radius 2 is 2.57 bits per heavy atom. The highest BCUT2D eigenvalue weighted by Gasteiger charge is 2.10. The topological polar surface area (TPSA) is 84.3 Å². The average molecular weight is 193 g/mol. The molecule has 0 amide bonds. The van der Waals surface area contributed by atoms with Gasteiger partial charge >= 0.3 is 5.97 Å². The summed E-state index contributed by atoms with van der Waals surface area (Å²) in [5, 5.41) is 8.71. The van der Waals surface area contributed by atoms with Gasteiger partial charge in [0.1, 0.15) is 18.5 Å². The molecule has 0 bridgehead atoms. The van der Waals surface area contributed by atoms with E-state index < -0.39 is 5.97 Å². The summed E-state index contributed by atoms with van der Waals surface area (Å²) in [5.41, 5.74) is 2.24. The standard InChI is InChI=1S/C8H7N3O3/c1-2-3-14-11-7-6(8(12)13)4-9-5-10-7/h1,4-5H,3H2,(H,12,13)(H,9,10,11). The molecular formula is C8H7N3O3. The van der Waals surface area contributed by atoms with Gasteiger partial charge in [-0.25, -0.2) is 20.2 Å². The summed E-state index contributed by atoms with van der Waals surface area (Å²) in [6, 6.07) is 0. The summed E-state index contributed by atoms with van der Waals surface area (Å²) < 4.78 is 0. The van der Waals surface area contributed by atoms with Crippen molar-refractivity contribution in [3.63, 3.8) is 0 Å². The summed E-state index contributed by atoms with van der Waals surface area (Å²) in [6.07, 6.45) is 7.29. The SMILES string of the molecule is C#CCONc1ncncc1C(=O)O. The molecule has 0 aromatic carbocycles. The number of aromatic nitrogens is 2. The van der Waals surface area contributed by atoms with Crippen LogP contribution in [-0.4, -0.2) is 27.7 Å². The van der Waals surface area contributed by atoms with E-state index in [9.17, 15) is 4.79 Å². The van der Waals surface area contributed by atoms with E-state index in [1.807, 2.05) is 0 Å².